The van der Waals surface area contributed by atoms with E-state index in [0.717, 1.165) is 11.8 Å². The molecule has 0 radical (unpaired) electrons. The molecular formula is C30H32F4N2O4. The van der Waals surface area contributed by atoms with Gasteiger partial charge in [-0.2, -0.15) is 13.2 Å². The smallest absolute Gasteiger partial charge is 0.416 e. The Hall–Kier alpha value is -3.95. The number of benzene rings is 2. The Kier molecular flexibility index (Phi) is 9.55. The van der Waals surface area contributed by atoms with Crippen LogP contribution in [0.25, 0.3) is 11.1 Å². The van der Waals surface area contributed by atoms with Gasteiger partial charge in [-0.25, -0.2) is 4.39 Å². The maximum Gasteiger partial charge on any atom is 0.416 e. The minimum Gasteiger partial charge on any atom is -0.493 e. The van der Waals surface area contributed by atoms with E-state index in [-0.39, 0.29) is 29.8 Å². The molecule has 40 heavy (non-hydrogen) atoms. The quantitative estimate of drug-likeness (QED) is 0.215. The number of anilines is 1. The van der Waals surface area contributed by atoms with Gasteiger partial charge in [0, 0.05) is 29.2 Å². The molecule has 3 rings (SSSR count). The average molecular weight is 561 g/mol. The van der Waals surface area contributed by atoms with Crippen LogP contribution in [0, 0.1) is 18.2 Å². The van der Waals surface area contributed by atoms with Crippen LogP contribution in [-0.4, -0.2) is 30.1 Å². The summed E-state index contributed by atoms with van der Waals surface area (Å²) in [6.45, 7) is 8.80. The van der Waals surface area contributed by atoms with E-state index in [9.17, 15) is 27.2 Å². The number of carbonyl (C=O) groups is 2. The van der Waals surface area contributed by atoms with Crippen molar-refractivity contribution in [3.63, 3.8) is 0 Å². The van der Waals surface area contributed by atoms with Crippen LogP contribution < -0.4 is 10.1 Å². The number of alkyl halides is 3. The third kappa shape index (κ3) is 7.58. The highest BCUT2D eigenvalue weighted by Crippen LogP contribution is 2.37. The molecule has 0 unspecified atom stereocenters. The van der Waals surface area contributed by atoms with E-state index in [1.807, 2.05) is 13.8 Å². The third-order valence-corrected chi connectivity index (χ3v) is 6.18. The molecule has 2 aromatic carbocycles. The van der Waals surface area contributed by atoms with Crippen LogP contribution in [0.5, 0.6) is 5.75 Å². The molecule has 1 N–H and O–H groups in total. The van der Waals surface area contributed by atoms with Crippen LogP contribution in [0.4, 0.5) is 23.2 Å². The summed E-state index contributed by atoms with van der Waals surface area (Å²) in [6.07, 6.45) is -3.76. The van der Waals surface area contributed by atoms with E-state index in [1.54, 1.807) is 25.3 Å². The Morgan fingerprint density at radius 2 is 1.68 bits per heavy atom. The minimum atomic E-state index is -4.73. The second kappa shape index (κ2) is 12.5. The summed E-state index contributed by atoms with van der Waals surface area (Å²) < 4.78 is 67.2. The second-order valence-corrected chi connectivity index (χ2v) is 9.94. The van der Waals surface area contributed by atoms with Gasteiger partial charge in [-0.1, -0.05) is 18.2 Å². The number of nitrogens with one attached hydrogen (secondary N) is 1. The number of pyridine rings is 1. The lowest BCUT2D eigenvalue weighted by molar-refractivity contribution is -0.154. The minimum absolute atomic E-state index is 0.0723. The molecule has 0 atom stereocenters. The largest absolute Gasteiger partial charge is 0.493 e. The molecule has 6 nitrogen and oxygen atoms in total. The van der Waals surface area contributed by atoms with Gasteiger partial charge in [0.1, 0.15) is 11.6 Å². The van der Waals surface area contributed by atoms with Crippen molar-refractivity contribution in [3.8, 4) is 16.9 Å². The third-order valence-electron chi connectivity index (χ3n) is 6.18. The van der Waals surface area contributed by atoms with E-state index in [4.69, 9.17) is 9.47 Å². The number of hydrogen-bond donors (Lipinski definition) is 1. The zero-order valence-corrected chi connectivity index (χ0v) is 23.0. The number of esters is 1. The molecule has 1 heterocycles. The van der Waals surface area contributed by atoms with Crippen molar-refractivity contribution in [2.75, 3.05) is 18.5 Å². The van der Waals surface area contributed by atoms with Crippen molar-refractivity contribution in [3.05, 3.63) is 76.9 Å². The Bertz CT molecular complexity index is 1390. The van der Waals surface area contributed by atoms with Crippen molar-refractivity contribution < 1.29 is 36.6 Å². The fraction of sp³-hybridized carbons (Fsp3) is 0.367. The highest BCUT2D eigenvalue weighted by atomic mass is 19.4. The van der Waals surface area contributed by atoms with E-state index >= 15 is 0 Å². The summed E-state index contributed by atoms with van der Waals surface area (Å²) in [5, 5.41) is 2.41. The summed E-state index contributed by atoms with van der Waals surface area (Å²) >= 11 is 0. The zero-order chi connectivity index (χ0) is 29.7. The van der Waals surface area contributed by atoms with Crippen molar-refractivity contribution in [2.24, 2.45) is 5.41 Å². The number of aromatic nitrogens is 1. The molecule has 0 spiro atoms. The highest BCUT2D eigenvalue weighted by molar-refractivity contribution is 5.92. The summed E-state index contributed by atoms with van der Waals surface area (Å²) in [7, 11) is 0. The molecule has 0 saturated heterocycles. The molecule has 0 fully saturated rings. The van der Waals surface area contributed by atoms with Crippen molar-refractivity contribution >= 4 is 17.6 Å². The average Bonchev–Trinajstić information content (AvgIpc) is 2.86. The first-order valence-corrected chi connectivity index (χ1v) is 12.8. The fourth-order valence-electron chi connectivity index (χ4n) is 4.21. The molecule has 0 aliphatic carbocycles. The van der Waals surface area contributed by atoms with Crippen LogP contribution in [0.1, 0.15) is 50.1 Å². The Morgan fingerprint density at radius 1 is 0.975 bits per heavy atom. The maximum atomic E-state index is 15.0. The Labute approximate surface area is 230 Å². The number of aryl methyl sites for hydroxylation is 1. The van der Waals surface area contributed by atoms with Gasteiger partial charge < -0.3 is 14.8 Å². The molecule has 0 saturated carbocycles. The van der Waals surface area contributed by atoms with E-state index < -0.39 is 41.3 Å². The number of nitrogens with zero attached hydrogens (tertiary/aromatic N) is 1. The predicted molar refractivity (Wildman–Crippen MR) is 143 cm³/mol. The van der Waals surface area contributed by atoms with Crippen LogP contribution >= 0.6 is 0 Å². The van der Waals surface area contributed by atoms with Gasteiger partial charge in [-0.05, 0) is 75.9 Å². The number of amides is 1. The Morgan fingerprint density at radius 3 is 2.30 bits per heavy atom. The predicted octanol–water partition coefficient (Wildman–Crippen LogP) is 6.93. The Balaban J connectivity index is 1.79. The van der Waals surface area contributed by atoms with Crippen molar-refractivity contribution in [1.82, 2.24) is 4.98 Å². The molecular weight excluding hydrogens is 528 g/mol. The molecule has 3 aromatic rings. The molecule has 214 valence electrons. The maximum absolute atomic E-state index is 15.0. The van der Waals surface area contributed by atoms with Gasteiger partial charge in [0.05, 0.1) is 30.6 Å². The lowest BCUT2D eigenvalue weighted by atomic mass is 9.84. The van der Waals surface area contributed by atoms with Crippen LogP contribution in [0.2, 0.25) is 0 Å². The van der Waals surface area contributed by atoms with Gasteiger partial charge >= 0.3 is 12.1 Å². The lowest BCUT2D eigenvalue weighted by Gasteiger charge is -2.24. The van der Waals surface area contributed by atoms with E-state index in [2.05, 4.69) is 10.3 Å². The summed E-state index contributed by atoms with van der Waals surface area (Å²) in [6, 6.07) is 9.44. The molecule has 1 amide bonds. The number of ether oxygens (including phenoxy) is 2. The van der Waals surface area contributed by atoms with Crippen LogP contribution in [-0.2, 0) is 33.3 Å². The molecule has 0 bridgehead atoms. The first kappa shape index (κ1) is 30.6. The SMILES string of the molecule is CCOC(=O)C(C)(C)Cc1ccc(NC(=O)Cc2ccc(-c3cnc(C)cc3OCC)cc2F)cc1C(F)(F)F. The van der Waals surface area contributed by atoms with Gasteiger partial charge in [0.15, 0.2) is 0 Å². The normalized spacial score (nSPS) is 11.7. The van der Waals surface area contributed by atoms with Gasteiger partial charge in [0.2, 0.25) is 5.91 Å². The van der Waals surface area contributed by atoms with Crippen molar-refractivity contribution in [2.45, 2.75) is 53.6 Å². The topological polar surface area (TPSA) is 77.5 Å². The highest BCUT2D eigenvalue weighted by Gasteiger charge is 2.37. The first-order chi connectivity index (χ1) is 18.7. The number of halogens is 4. The summed E-state index contributed by atoms with van der Waals surface area (Å²) in [4.78, 5) is 29.1. The lowest BCUT2D eigenvalue weighted by Crippen LogP contribution is -2.30. The summed E-state index contributed by atoms with van der Waals surface area (Å²) in [5.74, 6) is -1.40. The molecule has 0 aliphatic rings. The first-order valence-electron chi connectivity index (χ1n) is 12.8. The molecule has 0 aliphatic heterocycles. The zero-order valence-electron chi connectivity index (χ0n) is 23.0. The van der Waals surface area contributed by atoms with Gasteiger partial charge in [-0.15, -0.1) is 0 Å². The number of hydrogen-bond acceptors (Lipinski definition) is 5. The van der Waals surface area contributed by atoms with Crippen molar-refractivity contribution in [1.29, 1.82) is 0 Å². The monoisotopic (exact) mass is 560 g/mol. The van der Waals surface area contributed by atoms with E-state index in [1.165, 1.54) is 38.1 Å². The van der Waals surface area contributed by atoms with Crippen LogP contribution in [0.15, 0.2) is 48.7 Å². The van der Waals surface area contributed by atoms with Gasteiger partial charge in [-0.3, -0.25) is 14.6 Å². The number of carbonyl (C=O) groups excluding carboxylic acids is 2. The number of rotatable bonds is 10. The van der Waals surface area contributed by atoms with Gasteiger partial charge in [0.25, 0.3) is 0 Å². The second-order valence-electron chi connectivity index (χ2n) is 9.94. The molecule has 1 aromatic heterocycles. The van der Waals surface area contributed by atoms with E-state index in [0.29, 0.717) is 23.5 Å². The summed E-state index contributed by atoms with van der Waals surface area (Å²) in [5.41, 5.74) is -0.463. The fourth-order valence-corrected chi connectivity index (χ4v) is 4.21. The van der Waals surface area contributed by atoms with Crippen LogP contribution in [0.3, 0.4) is 0 Å². The standard InChI is InChI=1S/C30H32F4N2O4/c1-6-39-26-12-18(3)35-17-23(26)19-8-9-20(25(31)13-19)14-27(37)36-22-11-10-21(24(15-22)30(32,33)34)16-29(4,5)28(38)40-7-2/h8-13,15,17H,6-7,14,16H2,1-5H3,(H,36,37). The molecule has 10 heteroatoms.